The standard InChI is InChI=1S/C15H16N2/c1-3-9-17-10-8-13-12-6-4-5-7-14(12)16-15(13)11(17)2/h1,4-7,11,16H,8-10H2,2H3. The van der Waals surface area contributed by atoms with Gasteiger partial charge >= 0.3 is 0 Å². The van der Waals surface area contributed by atoms with Crippen molar-refractivity contribution in [2.75, 3.05) is 13.1 Å². The number of hydrogen-bond donors (Lipinski definition) is 1. The van der Waals surface area contributed by atoms with E-state index in [2.05, 4.69) is 47.0 Å². The van der Waals surface area contributed by atoms with Crippen LogP contribution in [0.2, 0.25) is 0 Å². The largest absolute Gasteiger partial charge is 0.357 e. The van der Waals surface area contributed by atoms with Crippen LogP contribution in [0.25, 0.3) is 10.9 Å². The van der Waals surface area contributed by atoms with Crippen molar-refractivity contribution in [2.45, 2.75) is 19.4 Å². The molecule has 1 atom stereocenters. The van der Waals surface area contributed by atoms with Gasteiger partial charge in [-0.05, 0) is 25.0 Å². The first-order valence-corrected chi connectivity index (χ1v) is 6.08. The van der Waals surface area contributed by atoms with Crippen molar-refractivity contribution in [3.63, 3.8) is 0 Å². The number of benzene rings is 1. The van der Waals surface area contributed by atoms with Crippen molar-refractivity contribution in [1.82, 2.24) is 9.88 Å². The summed E-state index contributed by atoms with van der Waals surface area (Å²) in [4.78, 5) is 5.89. The summed E-state index contributed by atoms with van der Waals surface area (Å²) in [5.41, 5.74) is 4.06. The summed E-state index contributed by atoms with van der Waals surface area (Å²) in [5.74, 6) is 2.74. The highest BCUT2D eigenvalue weighted by Gasteiger charge is 2.26. The number of nitrogens with zero attached hydrogens (tertiary/aromatic N) is 1. The highest BCUT2D eigenvalue weighted by Crippen LogP contribution is 2.33. The summed E-state index contributed by atoms with van der Waals surface area (Å²) in [6, 6.07) is 8.92. The lowest BCUT2D eigenvalue weighted by Gasteiger charge is -2.31. The van der Waals surface area contributed by atoms with Crippen LogP contribution in [-0.2, 0) is 6.42 Å². The molecule has 2 heteroatoms. The van der Waals surface area contributed by atoms with Gasteiger partial charge in [-0.1, -0.05) is 24.1 Å². The van der Waals surface area contributed by atoms with Gasteiger partial charge in [-0.15, -0.1) is 6.42 Å². The molecule has 3 rings (SSSR count). The maximum atomic E-state index is 5.41. The smallest absolute Gasteiger partial charge is 0.0604 e. The molecule has 2 aromatic rings. The highest BCUT2D eigenvalue weighted by atomic mass is 15.2. The Labute approximate surface area is 102 Å². The number of aromatic amines is 1. The molecule has 86 valence electrons. The van der Waals surface area contributed by atoms with Crippen LogP contribution in [-0.4, -0.2) is 23.0 Å². The molecule has 0 saturated carbocycles. The Balaban J connectivity index is 2.10. The molecule has 0 radical (unpaired) electrons. The van der Waals surface area contributed by atoms with Gasteiger partial charge in [-0.3, -0.25) is 4.90 Å². The molecule has 2 heterocycles. The first-order valence-electron chi connectivity index (χ1n) is 6.08. The molecule has 1 N–H and O–H groups in total. The van der Waals surface area contributed by atoms with Gasteiger partial charge in [-0.25, -0.2) is 0 Å². The van der Waals surface area contributed by atoms with Crippen LogP contribution in [0.5, 0.6) is 0 Å². The zero-order chi connectivity index (χ0) is 11.8. The molecule has 0 saturated heterocycles. The van der Waals surface area contributed by atoms with Crippen LogP contribution in [0, 0.1) is 12.3 Å². The van der Waals surface area contributed by atoms with Gasteiger partial charge in [0.25, 0.3) is 0 Å². The molecule has 0 spiro atoms. The van der Waals surface area contributed by atoms with Gasteiger partial charge in [0.1, 0.15) is 0 Å². The minimum atomic E-state index is 0.391. The molecule has 0 aliphatic carbocycles. The molecule has 1 aromatic heterocycles. The number of fused-ring (bicyclic) bond motifs is 3. The molecule has 1 aliphatic heterocycles. The number of aromatic nitrogens is 1. The van der Waals surface area contributed by atoms with E-state index in [0.717, 1.165) is 19.5 Å². The minimum absolute atomic E-state index is 0.391. The number of nitrogens with one attached hydrogen (secondary N) is 1. The van der Waals surface area contributed by atoms with Crippen molar-refractivity contribution >= 4 is 10.9 Å². The molecule has 17 heavy (non-hydrogen) atoms. The molecule has 2 nitrogen and oxygen atoms in total. The van der Waals surface area contributed by atoms with Crippen LogP contribution >= 0.6 is 0 Å². The van der Waals surface area contributed by atoms with Crippen LogP contribution in [0.1, 0.15) is 24.2 Å². The average Bonchev–Trinajstić information content (AvgIpc) is 2.73. The summed E-state index contributed by atoms with van der Waals surface area (Å²) >= 11 is 0. The van der Waals surface area contributed by atoms with Gasteiger partial charge in [0, 0.05) is 29.2 Å². The van der Waals surface area contributed by atoms with E-state index in [1.807, 2.05) is 0 Å². The van der Waals surface area contributed by atoms with E-state index in [1.54, 1.807) is 0 Å². The van der Waals surface area contributed by atoms with Crippen molar-refractivity contribution in [1.29, 1.82) is 0 Å². The summed E-state index contributed by atoms with van der Waals surface area (Å²) in [6.07, 6.45) is 6.50. The van der Waals surface area contributed by atoms with Gasteiger partial charge in [0.2, 0.25) is 0 Å². The fourth-order valence-corrected chi connectivity index (χ4v) is 2.81. The van der Waals surface area contributed by atoms with Crippen LogP contribution in [0.15, 0.2) is 24.3 Å². The third kappa shape index (κ3) is 1.55. The van der Waals surface area contributed by atoms with E-state index < -0.39 is 0 Å². The second kappa shape index (κ2) is 3.94. The number of H-pyrrole nitrogens is 1. The van der Waals surface area contributed by atoms with Crippen LogP contribution < -0.4 is 0 Å². The first-order chi connectivity index (χ1) is 8.31. The second-order valence-electron chi connectivity index (χ2n) is 4.66. The van der Waals surface area contributed by atoms with Crippen molar-refractivity contribution in [3.8, 4) is 12.3 Å². The summed E-state index contributed by atoms with van der Waals surface area (Å²) < 4.78 is 0. The molecule has 0 bridgehead atoms. The van der Waals surface area contributed by atoms with E-state index in [0.29, 0.717) is 6.04 Å². The Morgan fingerprint density at radius 1 is 1.47 bits per heavy atom. The molecule has 1 unspecified atom stereocenters. The van der Waals surface area contributed by atoms with Crippen LogP contribution in [0.3, 0.4) is 0 Å². The average molecular weight is 224 g/mol. The molecular weight excluding hydrogens is 208 g/mol. The zero-order valence-electron chi connectivity index (χ0n) is 10.0. The van der Waals surface area contributed by atoms with Gasteiger partial charge < -0.3 is 4.98 Å². The Morgan fingerprint density at radius 3 is 3.12 bits per heavy atom. The Morgan fingerprint density at radius 2 is 2.29 bits per heavy atom. The monoisotopic (exact) mass is 224 g/mol. The van der Waals surface area contributed by atoms with Gasteiger partial charge in [0.15, 0.2) is 0 Å². The molecule has 0 fully saturated rings. The molecular formula is C15H16N2. The number of hydrogen-bond acceptors (Lipinski definition) is 1. The van der Waals surface area contributed by atoms with E-state index in [-0.39, 0.29) is 0 Å². The Bertz CT molecular complexity index is 588. The predicted molar refractivity (Wildman–Crippen MR) is 70.8 cm³/mol. The van der Waals surface area contributed by atoms with E-state index in [4.69, 9.17) is 6.42 Å². The van der Waals surface area contributed by atoms with Gasteiger partial charge in [0.05, 0.1) is 6.54 Å². The molecule has 1 aromatic carbocycles. The lowest BCUT2D eigenvalue weighted by atomic mass is 9.98. The highest BCUT2D eigenvalue weighted by molar-refractivity contribution is 5.85. The minimum Gasteiger partial charge on any atom is -0.357 e. The predicted octanol–water partition coefficient (Wildman–Crippen LogP) is 2.72. The zero-order valence-corrected chi connectivity index (χ0v) is 10.0. The lowest BCUT2D eigenvalue weighted by molar-refractivity contribution is 0.222. The lowest BCUT2D eigenvalue weighted by Crippen LogP contribution is -2.34. The van der Waals surface area contributed by atoms with Crippen molar-refractivity contribution in [2.24, 2.45) is 0 Å². The Hall–Kier alpha value is -1.72. The first kappa shape index (κ1) is 10.4. The Kier molecular flexibility index (Phi) is 2.42. The quantitative estimate of drug-likeness (QED) is 0.738. The van der Waals surface area contributed by atoms with Crippen molar-refractivity contribution < 1.29 is 0 Å². The fraction of sp³-hybridized carbons (Fsp3) is 0.333. The van der Waals surface area contributed by atoms with E-state index in [1.165, 1.54) is 22.2 Å². The van der Waals surface area contributed by atoms with Crippen molar-refractivity contribution in [3.05, 3.63) is 35.5 Å². The molecule has 0 amide bonds. The molecule has 1 aliphatic rings. The number of terminal acetylenes is 1. The summed E-state index contributed by atoms with van der Waals surface area (Å²) in [5, 5.41) is 1.37. The normalized spacial score (nSPS) is 20.1. The summed E-state index contributed by atoms with van der Waals surface area (Å²) in [7, 11) is 0. The van der Waals surface area contributed by atoms with Crippen LogP contribution in [0.4, 0.5) is 0 Å². The third-order valence-corrected chi connectivity index (χ3v) is 3.76. The van der Waals surface area contributed by atoms with E-state index >= 15 is 0 Å². The van der Waals surface area contributed by atoms with E-state index in [9.17, 15) is 0 Å². The number of para-hydroxylation sites is 1. The SMILES string of the molecule is C#CCN1CCc2c([nH]c3ccccc23)C1C. The second-order valence-corrected chi connectivity index (χ2v) is 4.66. The summed E-state index contributed by atoms with van der Waals surface area (Å²) in [6.45, 7) is 4.01. The maximum Gasteiger partial charge on any atom is 0.0604 e. The number of rotatable bonds is 1. The van der Waals surface area contributed by atoms with Gasteiger partial charge in [-0.2, -0.15) is 0 Å². The maximum absolute atomic E-state index is 5.41. The topological polar surface area (TPSA) is 19.0 Å². The fourth-order valence-electron chi connectivity index (χ4n) is 2.81. The third-order valence-electron chi connectivity index (χ3n) is 3.76.